The number of thiazole rings is 1. The largest absolute Gasteiger partial charge is 0.293 e. The van der Waals surface area contributed by atoms with Crippen LogP contribution >= 0.6 is 23.1 Å². The van der Waals surface area contributed by atoms with Gasteiger partial charge >= 0.3 is 0 Å². The number of Topliss-reactive ketones (excluding diaryl/α,β-unsaturated/α-hetero) is 1. The van der Waals surface area contributed by atoms with Gasteiger partial charge in [0.15, 0.2) is 10.1 Å². The number of aryl methyl sites for hydroxylation is 1. The molecule has 10 heteroatoms. The van der Waals surface area contributed by atoms with Gasteiger partial charge < -0.3 is 0 Å². The van der Waals surface area contributed by atoms with E-state index in [1.54, 1.807) is 25.1 Å². The molecule has 0 radical (unpaired) electrons. The standard InChI is InChI=1S/C16H11N3O5S2/c1-9-2-3-10(6-13(9)19(23)24)14(20)8-25-16-17-12-5-4-11(18(21)22)7-15(12)26-16/h2-7H,8H2,1H3. The van der Waals surface area contributed by atoms with Gasteiger partial charge in [0, 0.05) is 29.3 Å². The summed E-state index contributed by atoms with van der Waals surface area (Å²) in [6.45, 7) is 1.61. The Balaban J connectivity index is 1.75. The highest BCUT2D eigenvalue weighted by molar-refractivity contribution is 8.01. The molecule has 132 valence electrons. The van der Waals surface area contributed by atoms with Crippen molar-refractivity contribution in [2.45, 2.75) is 11.3 Å². The topological polar surface area (TPSA) is 116 Å². The molecule has 26 heavy (non-hydrogen) atoms. The number of rotatable bonds is 6. The summed E-state index contributed by atoms with van der Waals surface area (Å²) in [5.41, 5.74) is 1.29. The number of ketones is 1. The van der Waals surface area contributed by atoms with Crippen molar-refractivity contribution in [3.63, 3.8) is 0 Å². The van der Waals surface area contributed by atoms with Crippen molar-refractivity contribution in [3.8, 4) is 0 Å². The fraction of sp³-hybridized carbons (Fsp3) is 0.125. The fourth-order valence-electron chi connectivity index (χ4n) is 2.26. The summed E-state index contributed by atoms with van der Waals surface area (Å²) in [7, 11) is 0. The minimum Gasteiger partial charge on any atom is -0.293 e. The van der Waals surface area contributed by atoms with Crippen molar-refractivity contribution in [1.82, 2.24) is 4.98 Å². The molecule has 2 aromatic carbocycles. The van der Waals surface area contributed by atoms with Gasteiger partial charge in [-0.25, -0.2) is 4.98 Å². The monoisotopic (exact) mass is 389 g/mol. The van der Waals surface area contributed by atoms with E-state index in [1.165, 1.54) is 41.3 Å². The Morgan fingerprint density at radius 1 is 1.15 bits per heavy atom. The Hall–Kier alpha value is -2.85. The molecular weight excluding hydrogens is 378 g/mol. The zero-order valence-electron chi connectivity index (χ0n) is 13.4. The predicted octanol–water partition coefficient (Wildman–Crippen LogP) is 4.40. The summed E-state index contributed by atoms with van der Waals surface area (Å²) in [5.74, 6) is -0.175. The van der Waals surface area contributed by atoms with Crippen molar-refractivity contribution in [3.05, 3.63) is 67.8 Å². The molecule has 3 aromatic rings. The van der Waals surface area contributed by atoms with Crippen LogP contribution in [0.1, 0.15) is 15.9 Å². The smallest absolute Gasteiger partial charge is 0.273 e. The lowest BCUT2D eigenvalue weighted by molar-refractivity contribution is -0.385. The molecule has 0 aliphatic heterocycles. The third kappa shape index (κ3) is 3.70. The lowest BCUT2D eigenvalue weighted by atomic mass is 10.1. The van der Waals surface area contributed by atoms with Crippen LogP contribution in [0, 0.1) is 27.2 Å². The van der Waals surface area contributed by atoms with E-state index in [0.717, 1.165) is 0 Å². The van der Waals surface area contributed by atoms with Crippen LogP contribution in [-0.4, -0.2) is 26.4 Å². The first-order valence-electron chi connectivity index (χ1n) is 7.31. The number of thioether (sulfide) groups is 1. The second kappa shape index (κ2) is 7.18. The number of fused-ring (bicyclic) bond motifs is 1. The highest BCUT2D eigenvalue weighted by Crippen LogP contribution is 2.32. The summed E-state index contributed by atoms with van der Waals surface area (Å²) in [4.78, 5) is 37.5. The lowest BCUT2D eigenvalue weighted by Crippen LogP contribution is -2.04. The minimum atomic E-state index is -0.514. The molecule has 0 atom stereocenters. The minimum absolute atomic E-state index is 0.0132. The van der Waals surface area contributed by atoms with Gasteiger partial charge in [0.1, 0.15) is 0 Å². The van der Waals surface area contributed by atoms with Crippen LogP contribution in [-0.2, 0) is 0 Å². The number of nitrogens with zero attached hydrogens (tertiary/aromatic N) is 3. The molecule has 0 spiro atoms. The van der Waals surface area contributed by atoms with Gasteiger partial charge in [-0.15, -0.1) is 11.3 Å². The molecule has 0 unspecified atom stereocenters. The number of carbonyl (C=O) groups excluding carboxylic acids is 1. The summed E-state index contributed by atoms with van der Waals surface area (Å²) < 4.78 is 1.27. The highest BCUT2D eigenvalue weighted by Gasteiger charge is 2.16. The van der Waals surface area contributed by atoms with Crippen molar-refractivity contribution in [2.24, 2.45) is 0 Å². The van der Waals surface area contributed by atoms with E-state index < -0.39 is 9.85 Å². The number of aromatic nitrogens is 1. The van der Waals surface area contributed by atoms with E-state index in [9.17, 15) is 25.0 Å². The predicted molar refractivity (Wildman–Crippen MR) is 99.2 cm³/mol. The Morgan fingerprint density at radius 3 is 2.62 bits per heavy atom. The van der Waals surface area contributed by atoms with E-state index in [-0.39, 0.29) is 28.5 Å². The van der Waals surface area contributed by atoms with Gasteiger partial charge in [-0.05, 0) is 13.0 Å². The van der Waals surface area contributed by atoms with Gasteiger partial charge in [0.05, 0.1) is 25.8 Å². The normalized spacial score (nSPS) is 10.8. The van der Waals surface area contributed by atoms with Crippen LogP contribution in [0.2, 0.25) is 0 Å². The number of carbonyl (C=O) groups is 1. The molecule has 0 aliphatic carbocycles. The maximum absolute atomic E-state index is 12.3. The highest BCUT2D eigenvalue weighted by atomic mass is 32.2. The van der Waals surface area contributed by atoms with Crippen LogP contribution in [0.3, 0.4) is 0 Å². The van der Waals surface area contributed by atoms with Crippen molar-refractivity contribution in [2.75, 3.05) is 5.75 Å². The first-order valence-corrected chi connectivity index (χ1v) is 9.11. The molecule has 0 bridgehead atoms. The third-order valence-corrected chi connectivity index (χ3v) is 5.78. The van der Waals surface area contributed by atoms with E-state index >= 15 is 0 Å². The van der Waals surface area contributed by atoms with Gasteiger partial charge in [-0.3, -0.25) is 25.0 Å². The molecule has 0 N–H and O–H groups in total. The second-order valence-corrected chi connectivity index (χ2v) is 7.61. The third-order valence-electron chi connectivity index (χ3n) is 3.62. The zero-order chi connectivity index (χ0) is 18.8. The van der Waals surface area contributed by atoms with Crippen LogP contribution in [0.5, 0.6) is 0 Å². The Kier molecular flexibility index (Phi) is 4.96. The summed E-state index contributed by atoms with van der Waals surface area (Å²) in [6, 6.07) is 8.79. The number of benzene rings is 2. The fourth-order valence-corrected chi connectivity index (χ4v) is 4.25. The molecule has 0 saturated heterocycles. The first-order chi connectivity index (χ1) is 12.3. The Morgan fingerprint density at radius 2 is 1.92 bits per heavy atom. The van der Waals surface area contributed by atoms with Crippen LogP contribution in [0.15, 0.2) is 40.7 Å². The zero-order valence-corrected chi connectivity index (χ0v) is 15.0. The first kappa shape index (κ1) is 18.0. The lowest BCUT2D eigenvalue weighted by Gasteiger charge is -2.02. The Bertz CT molecular complexity index is 1050. The molecule has 0 aliphatic rings. The maximum Gasteiger partial charge on any atom is 0.273 e. The number of hydrogen-bond donors (Lipinski definition) is 0. The average molecular weight is 389 g/mol. The van der Waals surface area contributed by atoms with Gasteiger partial charge in [-0.2, -0.15) is 0 Å². The van der Waals surface area contributed by atoms with Crippen LogP contribution in [0.25, 0.3) is 10.2 Å². The van der Waals surface area contributed by atoms with Crippen LogP contribution in [0.4, 0.5) is 11.4 Å². The summed E-state index contributed by atoms with van der Waals surface area (Å²) in [5, 5.41) is 21.8. The summed E-state index contributed by atoms with van der Waals surface area (Å²) in [6.07, 6.45) is 0. The second-order valence-electron chi connectivity index (χ2n) is 5.36. The molecule has 1 heterocycles. The van der Waals surface area contributed by atoms with Gasteiger partial charge in [0.25, 0.3) is 11.4 Å². The maximum atomic E-state index is 12.3. The molecule has 0 amide bonds. The molecule has 8 nitrogen and oxygen atoms in total. The number of non-ortho nitro benzene ring substituents is 1. The Labute approximate surface area is 155 Å². The molecular formula is C16H11N3O5S2. The van der Waals surface area contributed by atoms with Gasteiger partial charge in [0.2, 0.25) is 0 Å². The summed E-state index contributed by atoms with van der Waals surface area (Å²) >= 11 is 2.46. The van der Waals surface area contributed by atoms with Gasteiger partial charge in [-0.1, -0.05) is 23.9 Å². The van der Waals surface area contributed by atoms with Crippen molar-refractivity contribution < 1.29 is 14.6 Å². The van der Waals surface area contributed by atoms with Crippen molar-refractivity contribution >= 4 is 50.5 Å². The van der Waals surface area contributed by atoms with E-state index in [1.807, 2.05) is 0 Å². The van der Waals surface area contributed by atoms with Crippen molar-refractivity contribution in [1.29, 1.82) is 0 Å². The average Bonchev–Trinajstić information content (AvgIpc) is 3.01. The van der Waals surface area contributed by atoms with E-state index in [2.05, 4.69) is 4.98 Å². The molecule has 0 fully saturated rings. The van der Waals surface area contributed by atoms with Crippen LogP contribution < -0.4 is 0 Å². The van der Waals surface area contributed by atoms with E-state index in [4.69, 9.17) is 0 Å². The number of hydrogen-bond acceptors (Lipinski definition) is 8. The SMILES string of the molecule is Cc1ccc(C(=O)CSc2nc3ccc([N+](=O)[O-])cc3s2)cc1[N+](=O)[O-]. The molecule has 1 aromatic heterocycles. The molecule has 3 rings (SSSR count). The quantitative estimate of drug-likeness (QED) is 0.265. The van der Waals surface area contributed by atoms with E-state index in [0.29, 0.717) is 20.1 Å². The molecule has 0 saturated carbocycles. The number of nitro groups is 2. The number of nitro benzene ring substituents is 2.